The summed E-state index contributed by atoms with van der Waals surface area (Å²) in [5.74, 6) is 2.32. The van der Waals surface area contributed by atoms with Gasteiger partial charge < -0.3 is 5.73 Å². The van der Waals surface area contributed by atoms with E-state index in [1.807, 2.05) is 0 Å². The molecule has 1 fully saturated rings. The van der Waals surface area contributed by atoms with Crippen LogP contribution >= 0.6 is 0 Å². The van der Waals surface area contributed by atoms with E-state index in [4.69, 9.17) is 5.73 Å². The highest BCUT2D eigenvalue weighted by Crippen LogP contribution is 2.38. The first-order valence-electron chi connectivity index (χ1n) is 7.51. The lowest BCUT2D eigenvalue weighted by atomic mass is 9.76. The molecule has 1 nitrogen and oxygen atoms in total. The highest BCUT2D eigenvalue weighted by molar-refractivity contribution is 5.33. The smallest absolute Gasteiger partial charge is 0.00715 e. The van der Waals surface area contributed by atoms with Gasteiger partial charge in [-0.05, 0) is 54.7 Å². The maximum absolute atomic E-state index is 5.71. The van der Waals surface area contributed by atoms with Crippen LogP contribution in [0, 0.1) is 5.92 Å². The topological polar surface area (TPSA) is 26.0 Å². The van der Waals surface area contributed by atoms with Crippen LogP contribution in [0.15, 0.2) is 24.3 Å². The van der Waals surface area contributed by atoms with E-state index < -0.39 is 0 Å². The lowest BCUT2D eigenvalue weighted by molar-refractivity contribution is 0.346. The monoisotopic (exact) mass is 245 g/mol. The molecule has 1 aromatic rings. The van der Waals surface area contributed by atoms with Crippen LogP contribution in [0.25, 0.3) is 0 Å². The van der Waals surface area contributed by atoms with Crippen LogP contribution in [-0.2, 0) is 0 Å². The Hall–Kier alpha value is -0.820. The maximum atomic E-state index is 5.71. The van der Waals surface area contributed by atoms with Gasteiger partial charge >= 0.3 is 0 Å². The van der Waals surface area contributed by atoms with E-state index in [-0.39, 0.29) is 0 Å². The standard InChI is InChI=1S/C17H27N/c1-13-7-9-15(10-8-13)17-6-4-3-5-16(17)14(2)11-12-18/h3-6,13-15H,7-12,18H2,1-2H3. The van der Waals surface area contributed by atoms with Crippen LogP contribution in [-0.4, -0.2) is 6.54 Å². The van der Waals surface area contributed by atoms with Crippen molar-refractivity contribution >= 4 is 0 Å². The summed E-state index contributed by atoms with van der Waals surface area (Å²) in [4.78, 5) is 0. The first kappa shape index (κ1) is 13.6. The van der Waals surface area contributed by atoms with Crippen molar-refractivity contribution in [1.82, 2.24) is 0 Å². The molecular formula is C17H27N. The second-order valence-corrected chi connectivity index (χ2v) is 6.06. The van der Waals surface area contributed by atoms with Gasteiger partial charge in [0.1, 0.15) is 0 Å². The molecule has 0 saturated heterocycles. The lowest BCUT2D eigenvalue weighted by Crippen LogP contribution is -2.14. The average molecular weight is 245 g/mol. The number of benzene rings is 1. The molecule has 0 radical (unpaired) electrons. The fourth-order valence-electron chi connectivity index (χ4n) is 3.31. The molecule has 1 saturated carbocycles. The average Bonchev–Trinajstić information content (AvgIpc) is 2.40. The molecule has 1 heteroatoms. The third-order valence-electron chi connectivity index (χ3n) is 4.58. The Bertz CT molecular complexity index is 364. The highest BCUT2D eigenvalue weighted by atomic mass is 14.5. The molecule has 0 aliphatic heterocycles. The van der Waals surface area contributed by atoms with Crippen molar-refractivity contribution in [2.45, 2.75) is 57.8 Å². The van der Waals surface area contributed by atoms with Gasteiger partial charge in [0, 0.05) is 0 Å². The SMILES string of the molecule is CC1CCC(c2ccccc2C(C)CCN)CC1. The van der Waals surface area contributed by atoms with E-state index in [0.717, 1.165) is 24.8 Å². The number of hydrogen-bond donors (Lipinski definition) is 1. The van der Waals surface area contributed by atoms with Crippen LogP contribution < -0.4 is 5.73 Å². The molecule has 2 rings (SSSR count). The van der Waals surface area contributed by atoms with Gasteiger partial charge in [-0.25, -0.2) is 0 Å². The summed E-state index contributed by atoms with van der Waals surface area (Å²) < 4.78 is 0. The highest BCUT2D eigenvalue weighted by Gasteiger charge is 2.22. The van der Waals surface area contributed by atoms with Gasteiger partial charge in [0.25, 0.3) is 0 Å². The predicted molar refractivity (Wildman–Crippen MR) is 78.9 cm³/mol. The molecule has 100 valence electrons. The zero-order valence-electron chi connectivity index (χ0n) is 11.9. The largest absolute Gasteiger partial charge is 0.330 e. The summed E-state index contributed by atoms with van der Waals surface area (Å²) in [7, 11) is 0. The van der Waals surface area contributed by atoms with Crippen LogP contribution in [0.3, 0.4) is 0 Å². The summed E-state index contributed by atoms with van der Waals surface area (Å²) in [5, 5.41) is 0. The molecule has 0 amide bonds. The lowest BCUT2D eigenvalue weighted by Gasteiger charge is -2.29. The molecule has 18 heavy (non-hydrogen) atoms. The van der Waals surface area contributed by atoms with Crippen molar-refractivity contribution in [1.29, 1.82) is 0 Å². The van der Waals surface area contributed by atoms with Crippen molar-refractivity contribution < 1.29 is 0 Å². The van der Waals surface area contributed by atoms with E-state index in [1.54, 1.807) is 11.1 Å². The third kappa shape index (κ3) is 3.14. The van der Waals surface area contributed by atoms with Crippen LogP contribution in [0.5, 0.6) is 0 Å². The minimum absolute atomic E-state index is 0.602. The molecule has 1 aromatic carbocycles. The summed E-state index contributed by atoms with van der Waals surface area (Å²) in [6.07, 6.45) is 6.62. The summed E-state index contributed by atoms with van der Waals surface area (Å²) >= 11 is 0. The van der Waals surface area contributed by atoms with Gasteiger partial charge in [0.2, 0.25) is 0 Å². The van der Waals surface area contributed by atoms with Crippen LogP contribution in [0.1, 0.15) is 68.9 Å². The molecular weight excluding hydrogens is 218 g/mol. The van der Waals surface area contributed by atoms with Crippen molar-refractivity contribution in [3.8, 4) is 0 Å². The number of nitrogens with two attached hydrogens (primary N) is 1. The van der Waals surface area contributed by atoms with E-state index >= 15 is 0 Å². The molecule has 0 aromatic heterocycles. The van der Waals surface area contributed by atoms with Crippen molar-refractivity contribution in [3.05, 3.63) is 35.4 Å². The van der Waals surface area contributed by atoms with E-state index in [0.29, 0.717) is 5.92 Å². The second-order valence-electron chi connectivity index (χ2n) is 6.06. The fraction of sp³-hybridized carbons (Fsp3) is 0.647. The van der Waals surface area contributed by atoms with Gasteiger partial charge in [-0.2, -0.15) is 0 Å². The molecule has 1 atom stereocenters. The summed E-state index contributed by atoms with van der Waals surface area (Å²) in [5.41, 5.74) is 8.86. The van der Waals surface area contributed by atoms with Gasteiger partial charge in [-0.1, -0.05) is 51.0 Å². The van der Waals surface area contributed by atoms with E-state index in [1.165, 1.54) is 25.7 Å². The van der Waals surface area contributed by atoms with Gasteiger partial charge in [0.05, 0.1) is 0 Å². The van der Waals surface area contributed by atoms with Gasteiger partial charge in [-0.3, -0.25) is 0 Å². The molecule has 0 heterocycles. The minimum Gasteiger partial charge on any atom is -0.330 e. The van der Waals surface area contributed by atoms with Crippen molar-refractivity contribution in [2.75, 3.05) is 6.54 Å². The third-order valence-corrected chi connectivity index (χ3v) is 4.58. The molecule has 1 aliphatic carbocycles. The first-order chi connectivity index (χ1) is 8.72. The van der Waals surface area contributed by atoms with E-state index in [2.05, 4.69) is 38.1 Å². The quantitative estimate of drug-likeness (QED) is 0.834. The first-order valence-corrected chi connectivity index (χ1v) is 7.51. The normalized spacial score (nSPS) is 25.9. The molecule has 1 unspecified atom stereocenters. The number of hydrogen-bond acceptors (Lipinski definition) is 1. The summed E-state index contributed by atoms with van der Waals surface area (Å²) in [6.45, 7) is 5.49. The Kier molecular flexibility index (Phi) is 4.82. The van der Waals surface area contributed by atoms with Crippen LogP contribution in [0.2, 0.25) is 0 Å². The molecule has 0 bridgehead atoms. The molecule has 0 spiro atoms. The van der Waals surface area contributed by atoms with Gasteiger partial charge in [0.15, 0.2) is 0 Å². The maximum Gasteiger partial charge on any atom is -0.00715 e. The van der Waals surface area contributed by atoms with E-state index in [9.17, 15) is 0 Å². The Morgan fingerprint density at radius 1 is 1.17 bits per heavy atom. The summed E-state index contributed by atoms with van der Waals surface area (Å²) in [6, 6.07) is 9.04. The van der Waals surface area contributed by atoms with Crippen molar-refractivity contribution in [2.24, 2.45) is 11.7 Å². The Balaban J connectivity index is 2.16. The molecule has 2 N–H and O–H groups in total. The fourth-order valence-corrected chi connectivity index (χ4v) is 3.31. The predicted octanol–water partition coefficient (Wildman–Crippen LogP) is 4.43. The number of rotatable bonds is 4. The van der Waals surface area contributed by atoms with Gasteiger partial charge in [-0.15, -0.1) is 0 Å². The Labute approximate surface area is 112 Å². The van der Waals surface area contributed by atoms with Crippen LogP contribution in [0.4, 0.5) is 0 Å². The Morgan fingerprint density at radius 2 is 1.83 bits per heavy atom. The minimum atomic E-state index is 0.602. The zero-order chi connectivity index (χ0) is 13.0. The second kappa shape index (κ2) is 6.38. The Morgan fingerprint density at radius 3 is 2.50 bits per heavy atom. The zero-order valence-corrected chi connectivity index (χ0v) is 11.9. The van der Waals surface area contributed by atoms with Crippen molar-refractivity contribution in [3.63, 3.8) is 0 Å². The molecule has 1 aliphatic rings.